The average Bonchev–Trinajstić information content (AvgIpc) is 2.18. The second-order valence-electron chi connectivity index (χ2n) is 3.27. The van der Waals surface area contributed by atoms with Crippen molar-refractivity contribution in [2.45, 2.75) is 13.8 Å². The molecule has 0 unspecified atom stereocenters. The van der Waals surface area contributed by atoms with Crippen molar-refractivity contribution in [1.82, 2.24) is 0 Å². The van der Waals surface area contributed by atoms with Crippen molar-refractivity contribution in [2.24, 2.45) is 10.7 Å². The zero-order valence-electron chi connectivity index (χ0n) is 8.62. The van der Waals surface area contributed by atoms with Crippen molar-refractivity contribution in [3.8, 4) is 5.75 Å². The molecule has 3 N–H and O–H groups in total. The summed E-state index contributed by atoms with van der Waals surface area (Å²) in [4.78, 5) is 4.08. The first-order valence-corrected chi connectivity index (χ1v) is 4.66. The second kappa shape index (κ2) is 4.77. The van der Waals surface area contributed by atoms with Crippen molar-refractivity contribution in [2.75, 3.05) is 13.1 Å². The molecule has 0 saturated heterocycles. The molecule has 0 aliphatic heterocycles. The van der Waals surface area contributed by atoms with Gasteiger partial charge < -0.3 is 10.8 Å². The van der Waals surface area contributed by atoms with Crippen LogP contribution in [0.5, 0.6) is 5.75 Å². The largest absolute Gasteiger partial charge is 0.507 e. The van der Waals surface area contributed by atoms with E-state index in [9.17, 15) is 5.11 Å². The lowest BCUT2D eigenvalue weighted by atomic mass is 10.1. The Bertz CT molecular complexity index is 345. The van der Waals surface area contributed by atoms with Gasteiger partial charge in [0.05, 0.1) is 6.54 Å². The standard InChI is InChI=1S/C11H16N2O/c1-8-3-4-10(7-13-6-5-12)11(14)9(8)2/h3-4,7,14H,5-6,12H2,1-2H3. The molecule has 0 bridgehead atoms. The maximum Gasteiger partial charge on any atom is 0.127 e. The van der Waals surface area contributed by atoms with E-state index >= 15 is 0 Å². The van der Waals surface area contributed by atoms with Gasteiger partial charge in [-0.3, -0.25) is 4.99 Å². The average molecular weight is 192 g/mol. The summed E-state index contributed by atoms with van der Waals surface area (Å²) in [7, 11) is 0. The van der Waals surface area contributed by atoms with E-state index in [0.717, 1.165) is 16.7 Å². The van der Waals surface area contributed by atoms with E-state index in [2.05, 4.69) is 4.99 Å². The van der Waals surface area contributed by atoms with Crippen molar-refractivity contribution in [3.63, 3.8) is 0 Å². The Labute approximate surface area is 84.3 Å². The number of rotatable bonds is 3. The lowest BCUT2D eigenvalue weighted by molar-refractivity contribution is 0.469. The molecule has 14 heavy (non-hydrogen) atoms. The highest BCUT2D eigenvalue weighted by atomic mass is 16.3. The van der Waals surface area contributed by atoms with Crippen molar-refractivity contribution < 1.29 is 5.11 Å². The third-order valence-electron chi connectivity index (χ3n) is 2.22. The zero-order valence-corrected chi connectivity index (χ0v) is 8.62. The molecule has 1 rings (SSSR count). The molecule has 0 amide bonds. The van der Waals surface area contributed by atoms with Crippen LogP contribution in [0, 0.1) is 13.8 Å². The number of phenols is 1. The SMILES string of the molecule is Cc1ccc(C=NCCN)c(O)c1C. The number of nitrogens with zero attached hydrogens (tertiary/aromatic N) is 1. The number of aromatic hydroxyl groups is 1. The Hall–Kier alpha value is -1.35. The normalized spacial score (nSPS) is 11.1. The smallest absolute Gasteiger partial charge is 0.127 e. The lowest BCUT2D eigenvalue weighted by Crippen LogP contribution is -2.02. The Balaban J connectivity index is 2.94. The van der Waals surface area contributed by atoms with Gasteiger partial charge in [-0.05, 0) is 31.0 Å². The van der Waals surface area contributed by atoms with Gasteiger partial charge in [0.2, 0.25) is 0 Å². The third-order valence-corrected chi connectivity index (χ3v) is 2.22. The summed E-state index contributed by atoms with van der Waals surface area (Å²) in [6, 6.07) is 3.83. The third kappa shape index (κ3) is 2.33. The summed E-state index contributed by atoms with van der Waals surface area (Å²) in [6.45, 7) is 4.98. The number of nitrogens with two attached hydrogens (primary N) is 1. The van der Waals surface area contributed by atoms with Gasteiger partial charge in [0.1, 0.15) is 5.75 Å². The van der Waals surface area contributed by atoms with Crippen LogP contribution in [0.2, 0.25) is 0 Å². The molecule has 0 aromatic heterocycles. The number of benzene rings is 1. The van der Waals surface area contributed by atoms with E-state index in [4.69, 9.17) is 5.73 Å². The Morgan fingerprint density at radius 1 is 1.43 bits per heavy atom. The second-order valence-corrected chi connectivity index (χ2v) is 3.27. The number of hydrogen-bond donors (Lipinski definition) is 2. The predicted octanol–water partition coefficient (Wildman–Crippen LogP) is 1.39. The maximum atomic E-state index is 9.76. The van der Waals surface area contributed by atoms with Gasteiger partial charge >= 0.3 is 0 Å². The number of phenolic OH excluding ortho intramolecular Hbond substituents is 1. The van der Waals surface area contributed by atoms with Crippen LogP contribution in [-0.2, 0) is 0 Å². The van der Waals surface area contributed by atoms with Gasteiger partial charge in [-0.15, -0.1) is 0 Å². The highest BCUT2D eigenvalue weighted by Crippen LogP contribution is 2.23. The van der Waals surface area contributed by atoms with Crippen molar-refractivity contribution in [1.29, 1.82) is 0 Å². The molecule has 0 fully saturated rings. The number of aryl methyl sites for hydroxylation is 1. The summed E-state index contributed by atoms with van der Waals surface area (Å²) in [5.41, 5.74) is 8.05. The molecule has 0 aliphatic rings. The van der Waals surface area contributed by atoms with Gasteiger partial charge in [-0.2, -0.15) is 0 Å². The van der Waals surface area contributed by atoms with Crippen LogP contribution in [0.3, 0.4) is 0 Å². The van der Waals surface area contributed by atoms with E-state index < -0.39 is 0 Å². The molecular weight excluding hydrogens is 176 g/mol. The summed E-state index contributed by atoms with van der Waals surface area (Å²) in [6.07, 6.45) is 1.66. The molecule has 0 heterocycles. The molecular formula is C11H16N2O. The summed E-state index contributed by atoms with van der Waals surface area (Å²) in [5, 5.41) is 9.76. The van der Waals surface area contributed by atoms with Gasteiger partial charge in [0.25, 0.3) is 0 Å². The Morgan fingerprint density at radius 3 is 2.79 bits per heavy atom. The van der Waals surface area contributed by atoms with E-state index in [1.807, 2.05) is 26.0 Å². The molecule has 76 valence electrons. The van der Waals surface area contributed by atoms with Gasteiger partial charge in [0, 0.05) is 18.3 Å². The summed E-state index contributed by atoms with van der Waals surface area (Å²) >= 11 is 0. The minimum absolute atomic E-state index is 0.311. The summed E-state index contributed by atoms with van der Waals surface area (Å²) < 4.78 is 0. The van der Waals surface area contributed by atoms with E-state index in [1.165, 1.54) is 0 Å². The van der Waals surface area contributed by atoms with Crippen LogP contribution >= 0.6 is 0 Å². The predicted molar refractivity (Wildman–Crippen MR) is 59.1 cm³/mol. The van der Waals surface area contributed by atoms with E-state index in [0.29, 0.717) is 18.8 Å². The van der Waals surface area contributed by atoms with E-state index in [1.54, 1.807) is 6.21 Å². The lowest BCUT2D eigenvalue weighted by Gasteiger charge is -2.05. The number of aliphatic imine (C=N–C) groups is 1. The minimum atomic E-state index is 0.311. The molecule has 3 heteroatoms. The highest BCUT2D eigenvalue weighted by molar-refractivity contribution is 5.84. The fraction of sp³-hybridized carbons (Fsp3) is 0.364. The highest BCUT2D eigenvalue weighted by Gasteiger charge is 2.03. The first kappa shape index (κ1) is 10.7. The zero-order chi connectivity index (χ0) is 10.6. The first-order chi connectivity index (χ1) is 6.66. The van der Waals surface area contributed by atoms with Crippen LogP contribution in [0.1, 0.15) is 16.7 Å². The van der Waals surface area contributed by atoms with Gasteiger partial charge in [0.15, 0.2) is 0 Å². The topological polar surface area (TPSA) is 58.6 Å². The molecule has 0 spiro atoms. The fourth-order valence-corrected chi connectivity index (χ4v) is 1.16. The van der Waals surface area contributed by atoms with E-state index in [-0.39, 0.29) is 0 Å². The quantitative estimate of drug-likeness (QED) is 0.711. The fourth-order valence-electron chi connectivity index (χ4n) is 1.16. The van der Waals surface area contributed by atoms with Crippen LogP contribution < -0.4 is 5.73 Å². The molecule has 3 nitrogen and oxygen atoms in total. The molecule has 1 aromatic carbocycles. The number of hydrogen-bond acceptors (Lipinski definition) is 3. The van der Waals surface area contributed by atoms with Crippen LogP contribution in [0.25, 0.3) is 0 Å². The maximum absolute atomic E-state index is 9.76. The van der Waals surface area contributed by atoms with Gasteiger partial charge in [-0.1, -0.05) is 6.07 Å². The molecule has 0 saturated carbocycles. The molecule has 0 aliphatic carbocycles. The van der Waals surface area contributed by atoms with Crippen molar-refractivity contribution in [3.05, 3.63) is 28.8 Å². The van der Waals surface area contributed by atoms with Crippen LogP contribution in [-0.4, -0.2) is 24.4 Å². The monoisotopic (exact) mass is 192 g/mol. The van der Waals surface area contributed by atoms with Crippen LogP contribution in [0.4, 0.5) is 0 Å². The van der Waals surface area contributed by atoms with Crippen LogP contribution in [0.15, 0.2) is 17.1 Å². The minimum Gasteiger partial charge on any atom is -0.507 e. The van der Waals surface area contributed by atoms with Crippen molar-refractivity contribution >= 4 is 6.21 Å². The molecule has 0 atom stereocenters. The molecule has 1 aromatic rings. The Morgan fingerprint density at radius 2 is 2.14 bits per heavy atom. The first-order valence-electron chi connectivity index (χ1n) is 4.66. The molecule has 0 radical (unpaired) electrons. The Kier molecular flexibility index (Phi) is 3.65. The summed E-state index contributed by atoms with van der Waals surface area (Å²) in [5.74, 6) is 0.311. The van der Waals surface area contributed by atoms with Gasteiger partial charge in [-0.25, -0.2) is 0 Å².